The van der Waals surface area contributed by atoms with Gasteiger partial charge >= 0.3 is 0 Å². The number of ether oxygens (including phenoxy) is 2. The summed E-state index contributed by atoms with van der Waals surface area (Å²) in [5.74, 6) is 6.62. The highest BCUT2D eigenvalue weighted by molar-refractivity contribution is 4.98. The molecule has 0 saturated carbocycles. The summed E-state index contributed by atoms with van der Waals surface area (Å²) < 4.78 is 11.1. The second-order valence-corrected chi connectivity index (χ2v) is 6.42. The summed E-state index contributed by atoms with van der Waals surface area (Å²) >= 11 is 0. The van der Waals surface area contributed by atoms with Gasteiger partial charge in [-0.15, -0.1) is 11.8 Å². The largest absolute Gasteiger partial charge is 0.473 e. The van der Waals surface area contributed by atoms with Crippen LogP contribution in [0.15, 0.2) is 12.3 Å². The summed E-state index contributed by atoms with van der Waals surface area (Å²) in [6.45, 7) is 3.11. The van der Waals surface area contributed by atoms with Crippen LogP contribution in [0.25, 0.3) is 0 Å². The van der Waals surface area contributed by atoms with Crippen LogP contribution in [0.5, 0.6) is 0 Å². The Bertz CT molecular complexity index is 331. The fourth-order valence-electron chi connectivity index (χ4n) is 2.68. The maximum absolute atomic E-state index is 5.56. The molecule has 2 heteroatoms. The van der Waals surface area contributed by atoms with Crippen LogP contribution in [-0.4, -0.2) is 12.9 Å². The predicted octanol–water partition coefficient (Wildman–Crippen LogP) is 6.36. The van der Waals surface area contributed by atoms with Crippen molar-refractivity contribution < 1.29 is 9.47 Å². The summed E-state index contributed by atoms with van der Waals surface area (Å²) in [7, 11) is 0. The first-order chi connectivity index (χ1) is 11.4. The highest BCUT2D eigenvalue weighted by Gasteiger charge is 2.12. The van der Waals surface area contributed by atoms with E-state index in [1.54, 1.807) is 0 Å². The molecule has 0 aliphatic carbocycles. The lowest BCUT2D eigenvalue weighted by molar-refractivity contribution is -0.129. The third kappa shape index (κ3) is 13.2. The third-order valence-corrected chi connectivity index (χ3v) is 4.17. The van der Waals surface area contributed by atoms with Gasteiger partial charge in [-0.25, -0.2) is 0 Å². The minimum absolute atomic E-state index is 0.00663. The molecule has 0 bridgehead atoms. The molecule has 2 nitrogen and oxygen atoms in total. The molecule has 0 spiro atoms. The lowest BCUT2D eigenvalue weighted by Crippen LogP contribution is -2.19. The topological polar surface area (TPSA) is 18.5 Å². The van der Waals surface area contributed by atoms with E-state index in [0.717, 1.165) is 32.3 Å². The molecule has 1 aliphatic heterocycles. The van der Waals surface area contributed by atoms with E-state index in [9.17, 15) is 0 Å². The van der Waals surface area contributed by atoms with E-state index in [1.807, 2.05) is 6.26 Å². The van der Waals surface area contributed by atoms with Gasteiger partial charge in [-0.05, 0) is 44.6 Å². The zero-order valence-electron chi connectivity index (χ0n) is 15.2. The van der Waals surface area contributed by atoms with Crippen molar-refractivity contribution in [2.45, 2.75) is 103 Å². The molecule has 0 radical (unpaired) electrons. The Morgan fingerprint density at radius 3 is 2.43 bits per heavy atom. The van der Waals surface area contributed by atoms with Gasteiger partial charge in [0.1, 0.15) is 0 Å². The van der Waals surface area contributed by atoms with Gasteiger partial charge in [-0.2, -0.15) is 0 Å². The van der Waals surface area contributed by atoms with E-state index in [1.165, 1.54) is 64.2 Å². The first-order valence-corrected chi connectivity index (χ1v) is 9.81. The van der Waals surface area contributed by atoms with Crippen molar-refractivity contribution in [1.82, 2.24) is 0 Å². The van der Waals surface area contributed by atoms with E-state index >= 15 is 0 Å². The quantitative estimate of drug-likeness (QED) is 0.237. The van der Waals surface area contributed by atoms with Crippen LogP contribution in [0.4, 0.5) is 0 Å². The molecular formula is C21H36O2. The maximum Gasteiger partial charge on any atom is 0.198 e. The number of unbranched alkanes of at least 4 members (excludes halogenated alkanes) is 9. The Morgan fingerprint density at radius 2 is 1.70 bits per heavy atom. The minimum Gasteiger partial charge on any atom is -0.473 e. The smallest absolute Gasteiger partial charge is 0.198 e. The van der Waals surface area contributed by atoms with Gasteiger partial charge in [0.15, 0.2) is 6.29 Å². The predicted molar refractivity (Wildman–Crippen MR) is 98.1 cm³/mol. The number of hydrogen-bond donors (Lipinski definition) is 0. The number of rotatable bonds is 12. The third-order valence-electron chi connectivity index (χ3n) is 4.17. The Balaban J connectivity index is 1.81. The van der Waals surface area contributed by atoms with E-state index < -0.39 is 0 Å². The van der Waals surface area contributed by atoms with Crippen LogP contribution < -0.4 is 0 Å². The summed E-state index contributed by atoms with van der Waals surface area (Å²) in [4.78, 5) is 0. The van der Waals surface area contributed by atoms with E-state index in [2.05, 4.69) is 24.8 Å². The average Bonchev–Trinajstić information content (AvgIpc) is 2.59. The Labute approximate surface area is 144 Å². The van der Waals surface area contributed by atoms with Crippen LogP contribution in [0.1, 0.15) is 96.8 Å². The molecule has 1 rings (SSSR count). The second kappa shape index (κ2) is 15.9. The maximum atomic E-state index is 5.56. The van der Waals surface area contributed by atoms with Gasteiger partial charge < -0.3 is 9.47 Å². The first kappa shape index (κ1) is 20.1. The van der Waals surface area contributed by atoms with Crippen LogP contribution in [0.3, 0.4) is 0 Å². The van der Waals surface area contributed by atoms with Crippen molar-refractivity contribution in [1.29, 1.82) is 0 Å². The van der Waals surface area contributed by atoms with Crippen LogP contribution in [0.2, 0.25) is 0 Å². The van der Waals surface area contributed by atoms with Gasteiger partial charge in [0.25, 0.3) is 0 Å². The molecule has 1 atom stereocenters. The highest BCUT2D eigenvalue weighted by Crippen LogP contribution is 2.14. The molecule has 0 amide bonds. The molecule has 1 saturated heterocycles. The normalized spacial score (nSPS) is 17.9. The van der Waals surface area contributed by atoms with Crippen LogP contribution in [0, 0.1) is 11.8 Å². The van der Waals surface area contributed by atoms with Gasteiger partial charge in [-0.1, -0.05) is 39.0 Å². The van der Waals surface area contributed by atoms with Crippen molar-refractivity contribution in [2.24, 2.45) is 0 Å². The van der Waals surface area contributed by atoms with Crippen molar-refractivity contribution in [3.05, 3.63) is 12.3 Å². The first-order valence-electron chi connectivity index (χ1n) is 9.81. The molecule has 0 aromatic heterocycles. The molecule has 1 unspecified atom stereocenters. The molecule has 132 valence electrons. The minimum atomic E-state index is -0.00663. The number of hydrogen-bond acceptors (Lipinski definition) is 2. The lowest BCUT2D eigenvalue weighted by atomic mass is 10.1. The summed E-state index contributed by atoms with van der Waals surface area (Å²) in [6.07, 6.45) is 21.0. The van der Waals surface area contributed by atoms with Gasteiger partial charge in [0.2, 0.25) is 0 Å². The molecular weight excluding hydrogens is 284 g/mol. The molecule has 0 N–H and O–H groups in total. The molecule has 1 aliphatic rings. The van der Waals surface area contributed by atoms with Crippen LogP contribution in [-0.2, 0) is 9.47 Å². The van der Waals surface area contributed by atoms with E-state index in [-0.39, 0.29) is 6.29 Å². The molecule has 23 heavy (non-hydrogen) atoms. The molecule has 1 fully saturated rings. The van der Waals surface area contributed by atoms with Gasteiger partial charge in [0.05, 0.1) is 12.9 Å². The highest BCUT2D eigenvalue weighted by atomic mass is 16.7. The second-order valence-electron chi connectivity index (χ2n) is 6.42. The van der Waals surface area contributed by atoms with Crippen molar-refractivity contribution >= 4 is 0 Å². The summed E-state index contributed by atoms with van der Waals surface area (Å²) in [6, 6.07) is 0. The Hall–Kier alpha value is -0.940. The zero-order chi connectivity index (χ0) is 16.4. The van der Waals surface area contributed by atoms with Gasteiger partial charge in [-0.3, -0.25) is 0 Å². The van der Waals surface area contributed by atoms with E-state index in [0.29, 0.717) is 0 Å². The Morgan fingerprint density at radius 1 is 0.957 bits per heavy atom. The lowest BCUT2D eigenvalue weighted by Gasteiger charge is -2.21. The standard InChI is InChI=1S/C21H36O2/c1-2-3-4-5-6-7-8-9-10-11-12-13-14-16-19-22-21-18-15-17-20-23-21/h16,19,21H,2-8,11-15,17-18,20H2,1H3/b19-16-. The number of allylic oxidation sites excluding steroid dienone is 1. The average molecular weight is 321 g/mol. The summed E-state index contributed by atoms with van der Waals surface area (Å²) in [5, 5.41) is 0. The van der Waals surface area contributed by atoms with Crippen molar-refractivity contribution in [3.8, 4) is 11.8 Å². The van der Waals surface area contributed by atoms with E-state index in [4.69, 9.17) is 9.47 Å². The molecule has 0 aromatic rings. The van der Waals surface area contributed by atoms with Gasteiger partial charge in [0, 0.05) is 19.3 Å². The van der Waals surface area contributed by atoms with Crippen molar-refractivity contribution in [3.63, 3.8) is 0 Å². The molecule has 1 heterocycles. The SMILES string of the molecule is CCCCCCCCC#CCCCC/C=C\OC1CCCCO1. The summed E-state index contributed by atoms with van der Waals surface area (Å²) in [5.41, 5.74) is 0. The van der Waals surface area contributed by atoms with Crippen LogP contribution >= 0.6 is 0 Å². The fourth-order valence-corrected chi connectivity index (χ4v) is 2.68. The monoisotopic (exact) mass is 320 g/mol. The fraction of sp³-hybridized carbons (Fsp3) is 0.810. The van der Waals surface area contributed by atoms with Crippen molar-refractivity contribution in [2.75, 3.05) is 6.61 Å². The Kier molecular flexibility index (Phi) is 13.9. The zero-order valence-corrected chi connectivity index (χ0v) is 15.2. The molecule has 0 aromatic carbocycles.